The third-order valence-electron chi connectivity index (χ3n) is 3.47. The molecule has 1 heteroatoms. The smallest absolute Gasteiger partial charge is 0.170 e. The van der Waals surface area contributed by atoms with Crippen LogP contribution in [0, 0.1) is 6.92 Å². The first-order chi connectivity index (χ1) is 8.25. The number of benzene rings is 2. The van der Waals surface area contributed by atoms with E-state index in [1.54, 1.807) is 0 Å². The molecule has 0 fully saturated rings. The van der Waals surface area contributed by atoms with Crippen molar-refractivity contribution in [2.24, 2.45) is 0 Å². The van der Waals surface area contributed by atoms with Crippen LogP contribution in [-0.4, -0.2) is 5.78 Å². The number of aryl methyl sites for hydroxylation is 1. The molecule has 2 aromatic carbocycles. The summed E-state index contributed by atoms with van der Waals surface area (Å²) in [4.78, 5) is 12.3. The molecule has 0 aliphatic heterocycles. The van der Waals surface area contributed by atoms with Crippen molar-refractivity contribution < 1.29 is 4.79 Å². The lowest BCUT2D eigenvalue weighted by Gasteiger charge is -2.07. The molecule has 2 aromatic rings. The van der Waals surface area contributed by atoms with Gasteiger partial charge in [0, 0.05) is 5.56 Å². The molecule has 0 aromatic heterocycles. The number of Topliss-reactive ketones (excluding diaryl/α,β-unsaturated/α-hetero) is 1. The van der Waals surface area contributed by atoms with Crippen LogP contribution >= 0.6 is 0 Å². The van der Waals surface area contributed by atoms with Gasteiger partial charge < -0.3 is 0 Å². The normalized spacial score (nSPS) is 18.2. The topological polar surface area (TPSA) is 17.1 Å². The molecule has 1 nitrogen and oxygen atoms in total. The maximum absolute atomic E-state index is 12.3. The number of ketones is 1. The van der Waals surface area contributed by atoms with Crippen LogP contribution in [0.4, 0.5) is 0 Å². The Hall–Kier alpha value is -1.89. The quantitative estimate of drug-likeness (QED) is 0.721. The molecule has 0 saturated heterocycles. The average molecular weight is 222 g/mol. The van der Waals surface area contributed by atoms with Crippen molar-refractivity contribution in [2.75, 3.05) is 0 Å². The van der Waals surface area contributed by atoms with E-state index < -0.39 is 0 Å². The molecule has 0 radical (unpaired) electrons. The Morgan fingerprint density at radius 2 is 1.82 bits per heavy atom. The highest BCUT2D eigenvalue weighted by atomic mass is 16.1. The Morgan fingerprint density at radius 3 is 2.59 bits per heavy atom. The van der Waals surface area contributed by atoms with Crippen LogP contribution in [0.25, 0.3) is 0 Å². The Kier molecular flexibility index (Phi) is 2.32. The van der Waals surface area contributed by atoms with E-state index in [9.17, 15) is 4.79 Å². The molecular formula is C16H14O. The largest absolute Gasteiger partial charge is 0.293 e. The van der Waals surface area contributed by atoms with Crippen molar-refractivity contribution in [3.63, 3.8) is 0 Å². The lowest BCUT2D eigenvalue weighted by molar-refractivity contribution is 0.0973. The van der Waals surface area contributed by atoms with Gasteiger partial charge in [0.1, 0.15) is 0 Å². The van der Waals surface area contributed by atoms with Crippen molar-refractivity contribution in [1.29, 1.82) is 0 Å². The van der Waals surface area contributed by atoms with Crippen LogP contribution in [0.3, 0.4) is 0 Å². The highest BCUT2D eigenvalue weighted by Crippen LogP contribution is 2.34. The van der Waals surface area contributed by atoms with Crippen molar-refractivity contribution in [2.45, 2.75) is 19.3 Å². The standard InChI is InChI=1S/C16H14O/c1-11-7-8-13-10-15(16(17)14(13)9-11)12-5-3-2-4-6-12/h2-9,15H,10H2,1H3. The molecule has 1 unspecified atom stereocenters. The van der Waals surface area contributed by atoms with Gasteiger partial charge in [-0.1, -0.05) is 48.0 Å². The lowest BCUT2D eigenvalue weighted by Crippen LogP contribution is -2.06. The molecule has 0 heterocycles. The van der Waals surface area contributed by atoms with Crippen molar-refractivity contribution in [3.05, 3.63) is 70.8 Å². The average Bonchev–Trinajstić information content (AvgIpc) is 2.68. The molecule has 0 bridgehead atoms. The van der Waals surface area contributed by atoms with Gasteiger partial charge in [-0.3, -0.25) is 4.79 Å². The van der Waals surface area contributed by atoms with E-state index in [-0.39, 0.29) is 11.7 Å². The second kappa shape index (κ2) is 3.85. The van der Waals surface area contributed by atoms with E-state index in [2.05, 4.69) is 12.1 Å². The van der Waals surface area contributed by atoms with E-state index in [0.29, 0.717) is 0 Å². The summed E-state index contributed by atoms with van der Waals surface area (Å²) in [5.74, 6) is 0.294. The predicted octanol–water partition coefficient (Wildman–Crippen LogP) is 3.52. The number of hydrogen-bond donors (Lipinski definition) is 0. The summed E-state index contributed by atoms with van der Waals surface area (Å²) < 4.78 is 0. The number of carbonyl (C=O) groups is 1. The third kappa shape index (κ3) is 1.68. The van der Waals surface area contributed by atoms with Crippen molar-refractivity contribution in [1.82, 2.24) is 0 Å². The molecule has 0 saturated carbocycles. The predicted molar refractivity (Wildman–Crippen MR) is 68.4 cm³/mol. The molecule has 84 valence electrons. The molecule has 0 spiro atoms. The van der Waals surface area contributed by atoms with Gasteiger partial charge in [0.2, 0.25) is 0 Å². The first-order valence-corrected chi connectivity index (χ1v) is 5.94. The zero-order valence-electron chi connectivity index (χ0n) is 9.81. The first-order valence-electron chi connectivity index (χ1n) is 5.94. The Morgan fingerprint density at radius 1 is 1.06 bits per heavy atom. The van der Waals surface area contributed by atoms with E-state index >= 15 is 0 Å². The fourth-order valence-corrected chi connectivity index (χ4v) is 2.55. The summed E-state index contributed by atoms with van der Waals surface area (Å²) in [6, 6.07) is 16.3. The van der Waals surface area contributed by atoms with Crippen LogP contribution in [0.5, 0.6) is 0 Å². The third-order valence-corrected chi connectivity index (χ3v) is 3.47. The number of hydrogen-bond acceptors (Lipinski definition) is 1. The number of carbonyl (C=O) groups excluding carboxylic acids is 1. The van der Waals surface area contributed by atoms with Crippen molar-refractivity contribution >= 4 is 5.78 Å². The maximum Gasteiger partial charge on any atom is 0.170 e. The van der Waals surface area contributed by atoms with E-state index in [1.165, 1.54) is 5.56 Å². The van der Waals surface area contributed by atoms with Gasteiger partial charge in [-0.25, -0.2) is 0 Å². The number of rotatable bonds is 1. The van der Waals surface area contributed by atoms with Gasteiger partial charge in [-0.05, 0) is 30.5 Å². The maximum atomic E-state index is 12.3. The molecule has 3 rings (SSSR count). The molecule has 0 amide bonds. The highest BCUT2D eigenvalue weighted by Gasteiger charge is 2.31. The molecular weight excluding hydrogens is 208 g/mol. The summed E-state index contributed by atoms with van der Waals surface area (Å²) in [6.45, 7) is 2.03. The molecule has 17 heavy (non-hydrogen) atoms. The zero-order chi connectivity index (χ0) is 11.8. The summed E-state index contributed by atoms with van der Waals surface area (Å²) in [5.41, 5.74) is 4.39. The van der Waals surface area contributed by atoms with Crippen LogP contribution in [0.15, 0.2) is 48.5 Å². The summed E-state index contributed by atoms with van der Waals surface area (Å²) >= 11 is 0. The monoisotopic (exact) mass is 222 g/mol. The van der Waals surface area contributed by atoms with Crippen molar-refractivity contribution in [3.8, 4) is 0 Å². The van der Waals surface area contributed by atoms with Gasteiger partial charge in [-0.2, -0.15) is 0 Å². The molecule has 0 N–H and O–H groups in total. The first kappa shape index (κ1) is 10.3. The van der Waals surface area contributed by atoms with Crippen LogP contribution in [-0.2, 0) is 6.42 Å². The van der Waals surface area contributed by atoms with Gasteiger partial charge in [-0.15, -0.1) is 0 Å². The zero-order valence-corrected chi connectivity index (χ0v) is 9.81. The summed E-state index contributed by atoms with van der Waals surface area (Å²) in [7, 11) is 0. The molecule has 1 atom stereocenters. The Labute approximate surface area is 101 Å². The van der Waals surface area contributed by atoms with Gasteiger partial charge in [0.25, 0.3) is 0 Å². The van der Waals surface area contributed by atoms with E-state index in [0.717, 1.165) is 23.1 Å². The van der Waals surface area contributed by atoms with Crippen LogP contribution in [0.1, 0.15) is 33.0 Å². The minimum absolute atomic E-state index is 0.0213. The fraction of sp³-hybridized carbons (Fsp3) is 0.188. The Balaban J connectivity index is 2.02. The molecule has 1 aliphatic carbocycles. The number of fused-ring (bicyclic) bond motifs is 1. The van der Waals surface area contributed by atoms with Crippen LogP contribution in [0.2, 0.25) is 0 Å². The SMILES string of the molecule is Cc1ccc2c(c1)C(=O)C(c1ccccc1)C2. The minimum atomic E-state index is 0.0213. The summed E-state index contributed by atoms with van der Waals surface area (Å²) in [6.07, 6.45) is 0.846. The van der Waals surface area contributed by atoms with Gasteiger partial charge >= 0.3 is 0 Å². The Bertz CT molecular complexity index is 569. The fourth-order valence-electron chi connectivity index (χ4n) is 2.55. The summed E-state index contributed by atoms with van der Waals surface area (Å²) in [5, 5.41) is 0. The molecule has 1 aliphatic rings. The minimum Gasteiger partial charge on any atom is -0.293 e. The second-order valence-electron chi connectivity index (χ2n) is 4.69. The van der Waals surface area contributed by atoms with Gasteiger partial charge in [0.15, 0.2) is 5.78 Å². The lowest BCUT2D eigenvalue weighted by atomic mass is 9.95. The van der Waals surface area contributed by atoms with Gasteiger partial charge in [0.05, 0.1) is 5.92 Å². The second-order valence-corrected chi connectivity index (χ2v) is 4.69. The van der Waals surface area contributed by atoms with E-state index in [4.69, 9.17) is 0 Å². The van der Waals surface area contributed by atoms with Crippen LogP contribution < -0.4 is 0 Å². The van der Waals surface area contributed by atoms with E-state index in [1.807, 2.05) is 43.3 Å². The highest BCUT2D eigenvalue weighted by molar-refractivity contribution is 6.05.